The molecular formula is C48H56Cl2Si2Ti2-2. The van der Waals surface area contributed by atoms with Crippen molar-refractivity contribution in [2.75, 3.05) is 0 Å². The third-order valence-corrected chi connectivity index (χ3v) is 9.71. The molecule has 54 heavy (non-hydrogen) atoms. The summed E-state index contributed by atoms with van der Waals surface area (Å²) in [6.07, 6.45) is 9.05. The van der Waals surface area contributed by atoms with E-state index in [0.29, 0.717) is 11.8 Å². The van der Waals surface area contributed by atoms with Crippen LogP contribution in [0.15, 0.2) is 118 Å². The molecule has 8 rings (SSSR count). The van der Waals surface area contributed by atoms with Gasteiger partial charge in [-0.3, -0.25) is 12.2 Å². The smallest absolute Gasteiger partial charge is 0.0253 e. The second kappa shape index (κ2) is 24.8. The average molecular weight is 856 g/mol. The maximum absolute atomic E-state index is 3.36. The SMILES string of the molecule is CC1=[C-]C(C)C(C)=C1C.CC1=[C-]C(C)C(C)=C1C.C[Si](C)=[Ti+2].C[Si](C)=[Ti+2].[Cl-].[Cl-].[c-]1cccc2c1Cc1ccccc1-2.[c-]1cccc2c1Cc1ccccc1-2. The molecule has 0 spiro atoms. The van der Waals surface area contributed by atoms with Crippen LogP contribution in [0.25, 0.3) is 22.3 Å². The maximum Gasteiger partial charge on any atom is -0.0253 e. The Morgan fingerprint density at radius 2 is 0.796 bits per heavy atom. The fourth-order valence-electron chi connectivity index (χ4n) is 6.32. The molecule has 0 nitrogen and oxygen atoms in total. The van der Waals surface area contributed by atoms with Gasteiger partial charge in [-0.1, -0.05) is 124 Å². The van der Waals surface area contributed by atoms with Crippen molar-refractivity contribution < 1.29 is 63.2 Å². The van der Waals surface area contributed by atoms with Crippen molar-refractivity contribution in [3.63, 3.8) is 0 Å². The minimum absolute atomic E-state index is 0. The monoisotopic (exact) mass is 854 g/mol. The Balaban J connectivity index is 0.000000338. The van der Waals surface area contributed by atoms with Crippen LogP contribution in [-0.2, 0) is 51.2 Å². The van der Waals surface area contributed by atoms with Crippen molar-refractivity contribution in [1.29, 1.82) is 0 Å². The molecule has 0 amide bonds. The van der Waals surface area contributed by atoms with Gasteiger partial charge in [0.2, 0.25) is 0 Å². The Kier molecular flexibility index (Phi) is 23.1. The maximum atomic E-state index is 3.36. The van der Waals surface area contributed by atoms with Gasteiger partial charge >= 0.3 is 76.9 Å². The molecule has 4 aromatic carbocycles. The molecule has 0 saturated heterocycles. The first-order valence-corrected chi connectivity index (χ1v) is 28.1. The zero-order chi connectivity index (χ0) is 38.5. The molecule has 0 bridgehead atoms. The van der Waals surface area contributed by atoms with Crippen LogP contribution in [0.2, 0.25) is 26.2 Å². The standard InChI is InChI=1S/2C13H9.2C9H13.2C2H6Si.2ClH.2Ti/c2*1-3-7-12-10(5-1)9-11-6-2-4-8-13(11)12;2*1-6-5-7(2)9(4)8(6)3;2*1-3-2;;;;/h2*1-5,7-8H,9H2;2*6H,1-4H3;2*1-2H3;2*1H;;/q4*-1;;;;;2*+2/p-2. The van der Waals surface area contributed by atoms with Crippen LogP contribution in [0.4, 0.5) is 0 Å². The second-order valence-electron chi connectivity index (χ2n) is 14.4. The second-order valence-corrected chi connectivity index (χ2v) is 27.8. The summed E-state index contributed by atoms with van der Waals surface area (Å²) in [7, 11) is 0. The molecule has 6 heteroatoms. The van der Waals surface area contributed by atoms with Gasteiger partial charge in [-0.05, 0) is 12.8 Å². The van der Waals surface area contributed by atoms with E-state index < -0.39 is 0 Å². The summed E-state index contributed by atoms with van der Waals surface area (Å²) in [6, 6.07) is 36.2. The Labute approximate surface area is 365 Å². The minimum atomic E-state index is 0. The summed E-state index contributed by atoms with van der Waals surface area (Å²) in [5.74, 6) is 1.12. The molecule has 0 aromatic heterocycles. The van der Waals surface area contributed by atoms with Gasteiger partial charge in [0.15, 0.2) is 0 Å². The van der Waals surface area contributed by atoms with E-state index in [0.717, 1.165) is 12.8 Å². The van der Waals surface area contributed by atoms with Crippen molar-refractivity contribution in [1.82, 2.24) is 0 Å². The van der Waals surface area contributed by atoms with E-state index in [9.17, 15) is 0 Å². The summed E-state index contributed by atoms with van der Waals surface area (Å²) in [5, 5.41) is 0. The summed E-state index contributed by atoms with van der Waals surface area (Å²) in [5.41, 5.74) is 19.5. The first kappa shape index (κ1) is 50.3. The number of fused-ring (bicyclic) bond motifs is 6. The van der Waals surface area contributed by atoms with E-state index in [1.54, 1.807) is 0 Å². The van der Waals surface area contributed by atoms with Gasteiger partial charge in [0, 0.05) is 0 Å². The molecule has 0 radical (unpaired) electrons. The van der Waals surface area contributed by atoms with Crippen molar-refractivity contribution in [2.24, 2.45) is 11.8 Å². The van der Waals surface area contributed by atoms with E-state index >= 15 is 0 Å². The summed E-state index contributed by atoms with van der Waals surface area (Å²) in [6.45, 7) is 26.4. The van der Waals surface area contributed by atoms with E-state index in [2.05, 4.69) is 217 Å². The molecule has 0 saturated carbocycles. The molecule has 0 fully saturated rings. The van der Waals surface area contributed by atoms with Gasteiger partial charge in [-0.25, -0.2) is 11.1 Å². The largest absolute Gasteiger partial charge is 1.00 e. The van der Waals surface area contributed by atoms with Crippen LogP contribution in [0.1, 0.15) is 77.6 Å². The fraction of sp³-hybridized carbons (Fsp3) is 0.333. The molecule has 4 aromatic rings. The van der Waals surface area contributed by atoms with Crippen molar-refractivity contribution >= 4 is 12.4 Å². The Bertz CT molecular complexity index is 1780. The van der Waals surface area contributed by atoms with Crippen LogP contribution in [0.3, 0.4) is 0 Å². The van der Waals surface area contributed by atoms with Gasteiger partial charge in [-0.2, -0.15) is 82.0 Å². The topological polar surface area (TPSA) is 0 Å². The predicted molar refractivity (Wildman–Crippen MR) is 222 cm³/mol. The van der Waals surface area contributed by atoms with Crippen LogP contribution in [0, 0.1) is 36.1 Å². The minimum Gasteiger partial charge on any atom is -1.00 e. The van der Waals surface area contributed by atoms with Crippen LogP contribution >= 0.6 is 0 Å². The first-order chi connectivity index (χ1) is 24.6. The Morgan fingerprint density at radius 1 is 0.500 bits per heavy atom. The quantitative estimate of drug-likeness (QED) is 0.113. The molecule has 2 atom stereocenters. The van der Waals surface area contributed by atoms with E-state index in [1.165, 1.54) is 77.9 Å². The number of allylic oxidation sites excluding steroid dienone is 8. The van der Waals surface area contributed by atoms with Gasteiger partial charge in [-0.15, -0.1) is 25.0 Å². The molecular weight excluding hydrogens is 799 g/mol. The normalized spacial score (nSPS) is 16.0. The van der Waals surface area contributed by atoms with Gasteiger partial charge in [0.05, 0.1) is 0 Å². The summed E-state index contributed by atoms with van der Waals surface area (Å²) < 4.78 is 0. The number of halogens is 2. The van der Waals surface area contributed by atoms with Crippen LogP contribution < -0.4 is 24.8 Å². The number of rotatable bonds is 0. The third-order valence-electron chi connectivity index (χ3n) is 9.71. The predicted octanol–water partition coefficient (Wildman–Crippen LogP) is 7.14. The molecule has 0 heterocycles. The van der Waals surface area contributed by atoms with Crippen molar-refractivity contribution in [3.8, 4) is 22.3 Å². The molecule has 4 aliphatic rings. The molecule has 4 aliphatic carbocycles. The number of benzene rings is 4. The molecule has 280 valence electrons. The van der Waals surface area contributed by atoms with E-state index in [4.69, 9.17) is 0 Å². The van der Waals surface area contributed by atoms with Gasteiger partial charge in [0.25, 0.3) is 0 Å². The van der Waals surface area contributed by atoms with Crippen LogP contribution in [-0.4, -0.2) is 12.4 Å². The first-order valence-electron chi connectivity index (χ1n) is 18.4. The third kappa shape index (κ3) is 15.0. The zero-order valence-corrected chi connectivity index (χ0v) is 41.0. The average Bonchev–Trinajstić information content (AvgIpc) is 3.80. The van der Waals surface area contributed by atoms with Gasteiger partial charge < -0.3 is 24.8 Å². The Hall–Kier alpha value is -1.72. The van der Waals surface area contributed by atoms with Crippen LogP contribution in [0.5, 0.6) is 0 Å². The zero-order valence-electron chi connectivity index (χ0n) is 34.4. The summed E-state index contributed by atoms with van der Waals surface area (Å²) in [4.78, 5) is 0. The van der Waals surface area contributed by atoms with Gasteiger partial charge in [0.1, 0.15) is 0 Å². The van der Waals surface area contributed by atoms with E-state index in [-0.39, 0.29) is 37.2 Å². The fourth-order valence-corrected chi connectivity index (χ4v) is 6.32. The number of hydrogen-bond acceptors (Lipinski definition) is 0. The molecule has 0 aliphatic heterocycles. The number of hydrogen-bond donors (Lipinski definition) is 0. The van der Waals surface area contributed by atoms with Crippen molar-refractivity contribution in [2.45, 2.75) is 94.4 Å². The van der Waals surface area contributed by atoms with E-state index in [1.807, 2.05) is 12.1 Å². The molecule has 0 N–H and O–H groups in total. The molecule has 2 unspecified atom stereocenters. The summed E-state index contributed by atoms with van der Waals surface area (Å²) >= 11 is 4.54. The Morgan fingerprint density at radius 3 is 1.06 bits per heavy atom. The van der Waals surface area contributed by atoms with Crippen molar-refractivity contribution in [3.05, 3.63) is 165 Å².